The van der Waals surface area contributed by atoms with Crippen LogP contribution in [0.5, 0.6) is 5.75 Å². The SMILES string of the molecule is COc1cccc(NC(=O)C2Cc3cc(Cl)ccc3C(=O)O2)c1. The summed E-state index contributed by atoms with van der Waals surface area (Å²) in [6.07, 6.45) is -0.600. The first kappa shape index (κ1) is 15.4. The van der Waals surface area contributed by atoms with Crippen LogP contribution in [-0.4, -0.2) is 25.1 Å². The molecule has 3 rings (SSSR count). The number of benzene rings is 2. The number of carbonyl (C=O) groups excluding carboxylic acids is 2. The van der Waals surface area contributed by atoms with Crippen molar-refractivity contribution in [2.24, 2.45) is 0 Å². The van der Waals surface area contributed by atoms with Crippen LogP contribution in [0.15, 0.2) is 42.5 Å². The maximum Gasteiger partial charge on any atom is 0.339 e. The molecule has 1 aliphatic rings. The summed E-state index contributed by atoms with van der Waals surface area (Å²) in [7, 11) is 1.55. The maximum atomic E-state index is 12.3. The van der Waals surface area contributed by atoms with Crippen LogP contribution in [0, 0.1) is 0 Å². The molecule has 2 aromatic carbocycles. The molecule has 0 radical (unpaired) electrons. The summed E-state index contributed by atoms with van der Waals surface area (Å²) >= 11 is 5.95. The zero-order valence-electron chi connectivity index (χ0n) is 12.3. The Hall–Kier alpha value is -2.53. The van der Waals surface area contributed by atoms with Gasteiger partial charge in [-0.05, 0) is 35.9 Å². The number of anilines is 1. The van der Waals surface area contributed by atoms with Crippen molar-refractivity contribution in [2.45, 2.75) is 12.5 Å². The monoisotopic (exact) mass is 331 g/mol. The van der Waals surface area contributed by atoms with Crippen molar-refractivity contribution in [1.29, 1.82) is 0 Å². The van der Waals surface area contributed by atoms with Gasteiger partial charge >= 0.3 is 5.97 Å². The molecule has 1 heterocycles. The van der Waals surface area contributed by atoms with Gasteiger partial charge in [0.25, 0.3) is 5.91 Å². The van der Waals surface area contributed by atoms with Gasteiger partial charge in [0.1, 0.15) is 5.75 Å². The van der Waals surface area contributed by atoms with E-state index >= 15 is 0 Å². The largest absolute Gasteiger partial charge is 0.497 e. The predicted molar refractivity (Wildman–Crippen MR) is 86.0 cm³/mol. The normalized spacial score (nSPS) is 16.3. The molecule has 23 heavy (non-hydrogen) atoms. The van der Waals surface area contributed by atoms with E-state index in [2.05, 4.69) is 5.32 Å². The molecule has 0 bridgehead atoms. The van der Waals surface area contributed by atoms with Crippen molar-refractivity contribution in [3.63, 3.8) is 0 Å². The molecule has 0 saturated heterocycles. The van der Waals surface area contributed by atoms with E-state index < -0.39 is 18.0 Å². The van der Waals surface area contributed by atoms with E-state index in [9.17, 15) is 9.59 Å². The Morgan fingerprint density at radius 1 is 1.30 bits per heavy atom. The maximum absolute atomic E-state index is 12.3. The van der Waals surface area contributed by atoms with Crippen molar-refractivity contribution in [3.8, 4) is 5.75 Å². The van der Waals surface area contributed by atoms with Gasteiger partial charge < -0.3 is 14.8 Å². The number of esters is 1. The van der Waals surface area contributed by atoms with Crippen molar-refractivity contribution in [2.75, 3.05) is 12.4 Å². The molecule has 1 unspecified atom stereocenters. The number of carbonyl (C=O) groups is 2. The highest BCUT2D eigenvalue weighted by molar-refractivity contribution is 6.30. The van der Waals surface area contributed by atoms with E-state index in [0.717, 1.165) is 0 Å². The summed E-state index contributed by atoms with van der Waals surface area (Å²) in [6, 6.07) is 11.9. The first-order chi connectivity index (χ1) is 11.1. The lowest BCUT2D eigenvalue weighted by Gasteiger charge is -2.24. The zero-order valence-corrected chi connectivity index (χ0v) is 13.1. The molecule has 0 aliphatic carbocycles. The van der Waals surface area contributed by atoms with Crippen LogP contribution in [0.3, 0.4) is 0 Å². The van der Waals surface area contributed by atoms with Crippen LogP contribution in [-0.2, 0) is 16.0 Å². The second-order valence-electron chi connectivity index (χ2n) is 5.12. The minimum atomic E-state index is -0.889. The molecule has 5 nitrogen and oxygen atoms in total. The van der Waals surface area contributed by atoms with Crippen LogP contribution in [0.4, 0.5) is 5.69 Å². The van der Waals surface area contributed by atoms with Crippen molar-refractivity contribution in [3.05, 3.63) is 58.6 Å². The number of rotatable bonds is 3. The number of halogens is 1. The van der Waals surface area contributed by atoms with Gasteiger partial charge in [0.2, 0.25) is 0 Å². The quantitative estimate of drug-likeness (QED) is 0.878. The molecule has 0 aromatic heterocycles. The Bertz CT molecular complexity index is 775. The Morgan fingerprint density at radius 3 is 2.91 bits per heavy atom. The number of amides is 1. The standard InChI is InChI=1S/C17H14ClNO4/c1-22-13-4-2-3-12(9-13)19-16(20)15-8-10-7-11(18)5-6-14(10)17(21)23-15/h2-7,9,15H,8H2,1H3,(H,19,20). The molecule has 6 heteroatoms. The molecule has 0 saturated carbocycles. The van der Waals surface area contributed by atoms with E-state index in [-0.39, 0.29) is 6.42 Å². The average molecular weight is 332 g/mol. The fourth-order valence-electron chi connectivity index (χ4n) is 2.43. The summed E-state index contributed by atoms with van der Waals surface area (Å²) in [5, 5.41) is 3.24. The van der Waals surface area contributed by atoms with E-state index in [1.165, 1.54) is 0 Å². The molecule has 0 spiro atoms. The van der Waals surface area contributed by atoms with Crippen LogP contribution in [0.2, 0.25) is 5.02 Å². The topological polar surface area (TPSA) is 64.6 Å². The van der Waals surface area contributed by atoms with Gasteiger partial charge in [-0.15, -0.1) is 0 Å². The van der Waals surface area contributed by atoms with Crippen molar-refractivity contribution >= 4 is 29.2 Å². The first-order valence-corrected chi connectivity index (χ1v) is 7.39. The van der Waals surface area contributed by atoms with Gasteiger partial charge in [-0.1, -0.05) is 17.7 Å². The van der Waals surface area contributed by atoms with Crippen molar-refractivity contribution in [1.82, 2.24) is 0 Å². The predicted octanol–water partition coefficient (Wildman–Crippen LogP) is 3.07. The lowest BCUT2D eigenvalue weighted by molar-refractivity contribution is -0.125. The second-order valence-corrected chi connectivity index (χ2v) is 5.56. The van der Waals surface area contributed by atoms with E-state index in [1.807, 2.05) is 0 Å². The lowest BCUT2D eigenvalue weighted by atomic mass is 9.98. The highest BCUT2D eigenvalue weighted by Crippen LogP contribution is 2.25. The molecule has 1 N–H and O–H groups in total. The fraction of sp³-hybridized carbons (Fsp3) is 0.176. The third-order valence-corrected chi connectivity index (χ3v) is 3.81. The summed E-state index contributed by atoms with van der Waals surface area (Å²) in [5.41, 5.74) is 1.72. The highest BCUT2D eigenvalue weighted by Gasteiger charge is 2.31. The minimum absolute atomic E-state index is 0.289. The third kappa shape index (κ3) is 3.29. The minimum Gasteiger partial charge on any atom is -0.497 e. The molecule has 1 atom stereocenters. The number of fused-ring (bicyclic) bond motifs is 1. The summed E-state index contributed by atoms with van der Waals surface area (Å²) < 4.78 is 10.3. The lowest BCUT2D eigenvalue weighted by Crippen LogP contribution is -2.38. The van der Waals surface area contributed by atoms with Crippen molar-refractivity contribution < 1.29 is 19.1 Å². The zero-order chi connectivity index (χ0) is 16.4. The van der Waals surface area contributed by atoms with Gasteiger partial charge in [-0.25, -0.2) is 4.79 Å². The Morgan fingerprint density at radius 2 is 2.13 bits per heavy atom. The Kier molecular flexibility index (Phi) is 4.21. The number of methoxy groups -OCH3 is 1. The first-order valence-electron chi connectivity index (χ1n) is 7.01. The molecular weight excluding hydrogens is 318 g/mol. The number of ether oxygens (including phenoxy) is 2. The molecule has 118 valence electrons. The average Bonchev–Trinajstić information content (AvgIpc) is 2.54. The third-order valence-electron chi connectivity index (χ3n) is 3.57. The molecule has 2 aromatic rings. The highest BCUT2D eigenvalue weighted by atomic mass is 35.5. The van der Waals surface area contributed by atoms with Gasteiger partial charge in [-0.2, -0.15) is 0 Å². The van der Waals surface area contributed by atoms with Gasteiger partial charge in [0.15, 0.2) is 6.10 Å². The summed E-state index contributed by atoms with van der Waals surface area (Å²) in [4.78, 5) is 24.3. The van der Waals surface area contributed by atoms with Crippen LogP contribution >= 0.6 is 11.6 Å². The summed E-state index contributed by atoms with van der Waals surface area (Å²) in [6.45, 7) is 0. The molecule has 1 amide bonds. The number of nitrogens with one attached hydrogen (secondary N) is 1. The van der Waals surface area contributed by atoms with E-state index in [4.69, 9.17) is 21.1 Å². The Labute approximate surface area is 138 Å². The van der Waals surface area contributed by atoms with Crippen LogP contribution in [0.25, 0.3) is 0 Å². The second kappa shape index (κ2) is 6.30. The van der Waals surface area contributed by atoms with E-state index in [1.54, 1.807) is 49.6 Å². The van der Waals surface area contributed by atoms with Gasteiger partial charge in [0, 0.05) is 23.2 Å². The van der Waals surface area contributed by atoms with Crippen LogP contribution < -0.4 is 10.1 Å². The van der Waals surface area contributed by atoms with Gasteiger partial charge in [0.05, 0.1) is 12.7 Å². The summed E-state index contributed by atoms with van der Waals surface area (Å²) in [5.74, 6) is -0.286. The van der Waals surface area contributed by atoms with Crippen LogP contribution in [0.1, 0.15) is 15.9 Å². The number of cyclic esters (lactones) is 1. The van der Waals surface area contributed by atoms with E-state index in [0.29, 0.717) is 27.6 Å². The number of hydrogen-bond donors (Lipinski definition) is 1. The van der Waals surface area contributed by atoms with Gasteiger partial charge in [-0.3, -0.25) is 4.79 Å². The fourth-order valence-corrected chi connectivity index (χ4v) is 2.63. The molecular formula is C17H14ClNO4. The molecule has 1 aliphatic heterocycles. The smallest absolute Gasteiger partial charge is 0.339 e. The molecule has 0 fully saturated rings. The Balaban J connectivity index is 1.77. The number of hydrogen-bond acceptors (Lipinski definition) is 4.